The molecule has 1 aromatic rings. The molecule has 2 N–H and O–H groups in total. The molecule has 1 aromatic heterocycles. The van der Waals surface area contributed by atoms with Crippen LogP contribution in [0.3, 0.4) is 0 Å². The minimum Gasteiger partial charge on any atom is -0.430 e. The van der Waals surface area contributed by atoms with Crippen LogP contribution in [0.4, 0.5) is 0 Å². The fraction of sp³-hybridized carbons (Fsp3) is 0. The fourth-order valence-electron chi connectivity index (χ4n) is 0.975. The third kappa shape index (κ3) is 3.93. The van der Waals surface area contributed by atoms with E-state index in [1.807, 2.05) is 18.2 Å². The van der Waals surface area contributed by atoms with Crippen molar-refractivity contribution in [3.63, 3.8) is 0 Å². The first-order valence-electron chi connectivity index (χ1n) is 4.55. The second-order valence-electron chi connectivity index (χ2n) is 2.74. The van der Waals surface area contributed by atoms with Crippen LogP contribution in [0, 0.1) is 0 Å². The normalized spacial score (nSPS) is 8.67. The molecule has 3 rings (SSSR count). The number of benzene rings is 1. The summed E-state index contributed by atoms with van der Waals surface area (Å²) in [6.45, 7) is 0. The molecule has 1 heterocycles. The summed E-state index contributed by atoms with van der Waals surface area (Å²) in [6, 6.07) is 14.2. The zero-order valence-corrected chi connectivity index (χ0v) is 8.24. The number of hydrogen-bond acceptors (Lipinski definition) is 3. The molecule has 0 radical (unpaired) electrons. The lowest BCUT2D eigenvalue weighted by molar-refractivity contribution is 0.448. The van der Waals surface area contributed by atoms with Gasteiger partial charge in [-0.25, -0.2) is 0 Å². The van der Waals surface area contributed by atoms with Crippen LogP contribution in [0.2, 0.25) is 0 Å². The molecule has 0 spiro atoms. The average Bonchev–Trinajstić information content (AvgIpc) is 2.28. The fourth-order valence-corrected chi connectivity index (χ4v) is 0.975. The minimum absolute atomic E-state index is 0.750. The Morgan fingerprint density at radius 1 is 0.800 bits per heavy atom. The van der Waals surface area contributed by atoms with Gasteiger partial charge in [0.15, 0.2) is 0 Å². The van der Waals surface area contributed by atoms with Gasteiger partial charge in [0.05, 0.1) is 0 Å². The van der Waals surface area contributed by atoms with Gasteiger partial charge in [0.2, 0.25) is 0 Å². The van der Waals surface area contributed by atoms with E-state index in [4.69, 9.17) is 10.0 Å². The summed E-state index contributed by atoms with van der Waals surface area (Å²) in [5.74, 6) is 0. The molecule has 0 unspecified atom stereocenters. The number of rotatable bonds is 0. The molecule has 0 saturated heterocycles. The van der Waals surface area contributed by atoms with Crippen LogP contribution in [0.1, 0.15) is 0 Å². The van der Waals surface area contributed by atoms with Crippen LogP contribution in [0.25, 0.3) is 11.1 Å². The lowest BCUT2D eigenvalue weighted by atomic mass is 9.95. The number of aromatic nitrogens is 1. The highest BCUT2D eigenvalue weighted by atomic mass is 16.4. The Kier molecular flexibility index (Phi) is 5.15. The molecular formula is C11H12BNO2. The van der Waals surface area contributed by atoms with Gasteiger partial charge in [-0.3, -0.25) is 4.98 Å². The Balaban J connectivity index is 0.000000121. The van der Waals surface area contributed by atoms with E-state index in [9.17, 15) is 0 Å². The van der Waals surface area contributed by atoms with Crippen LogP contribution in [0.15, 0.2) is 54.9 Å². The van der Waals surface area contributed by atoms with E-state index in [0.29, 0.717) is 0 Å². The van der Waals surface area contributed by atoms with Gasteiger partial charge in [0.25, 0.3) is 0 Å². The summed E-state index contributed by atoms with van der Waals surface area (Å²) in [5.41, 5.74) is 2.85. The van der Waals surface area contributed by atoms with Crippen molar-refractivity contribution in [3.05, 3.63) is 54.9 Å². The van der Waals surface area contributed by atoms with E-state index in [0.717, 1.165) is 0 Å². The first-order valence-corrected chi connectivity index (χ1v) is 4.55. The summed E-state index contributed by atoms with van der Waals surface area (Å²) < 4.78 is 0. The van der Waals surface area contributed by atoms with E-state index in [1.54, 1.807) is 12.4 Å². The van der Waals surface area contributed by atoms with Crippen LogP contribution in [0.5, 0.6) is 0 Å². The molecule has 0 amide bonds. The third-order valence-electron chi connectivity index (χ3n) is 1.78. The highest BCUT2D eigenvalue weighted by Crippen LogP contribution is 2.29. The molecule has 3 nitrogen and oxygen atoms in total. The Morgan fingerprint density at radius 2 is 1.20 bits per heavy atom. The standard InChI is InChI=1S/C6H4.C5H5N.BH3O2/c1-2-6-4-3-5(1)6;1-2-4-6-5-3-1;2-1-3/h1-4H;1-5H;1-3H. The van der Waals surface area contributed by atoms with Crippen molar-refractivity contribution in [2.75, 3.05) is 0 Å². The van der Waals surface area contributed by atoms with Crippen molar-refractivity contribution in [3.8, 4) is 11.1 Å². The minimum atomic E-state index is -0.750. The number of hydrogen-bond donors (Lipinski definition) is 2. The molecule has 0 aliphatic heterocycles. The van der Waals surface area contributed by atoms with Crippen molar-refractivity contribution >= 4 is 7.69 Å². The van der Waals surface area contributed by atoms with Crippen LogP contribution >= 0.6 is 0 Å². The Hall–Kier alpha value is -1.65. The van der Waals surface area contributed by atoms with Crippen molar-refractivity contribution in [2.24, 2.45) is 0 Å². The molecule has 0 aromatic carbocycles. The Morgan fingerprint density at radius 3 is 1.27 bits per heavy atom. The van der Waals surface area contributed by atoms with Crippen molar-refractivity contribution in [1.29, 1.82) is 0 Å². The topological polar surface area (TPSA) is 53.4 Å². The smallest absolute Gasteiger partial charge is 0.430 e. The first kappa shape index (κ1) is 11.4. The Bertz CT molecular complexity index is 314. The van der Waals surface area contributed by atoms with E-state index in [-0.39, 0.29) is 0 Å². The zero-order chi connectivity index (χ0) is 10.9. The maximum Gasteiger partial charge on any atom is 0.432 e. The second-order valence-corrected chi connectivity index (χ2v) is 2.74. The molecule has 2 aliphatic carbocycles. The molecule has 15 heavy (non-hydrogen) atoms. The maximum absolute atomic E-state index is 7.12. The molecule has 0 bridgehead atoms. The maximum atomic E-state index is 7.12. The van der Waals surface area contributed by atoms with Gasteiger partial charge in [0, 0.05) is 12.4 Å². The second kappa shape index (κ2) is 6.76. The number of pyridine rings is 1. The lowest BCUT2D eigenvalue weighted by Gasteiger charge is -2.10. The molecule has 76 valence electrons. The van der Waals surface area contributed by atoms with E-state index >= 15 is 0 Å². The first-order chi connectivity index (χ1) is 7.38. The monoisotopic (exact) mass is 201 g/mol. The molecule has 0 fully saturated rings. The van der Waals surface area contributed by atoms with Gasteiger partial charge < -0.3 is 10.0 Å². The van der Waals surface area contributed by atoms with E-state index in [2.05, 4.69) is 29.2 Å². The summed E-state index contributed by atoms with van der Waals surface area (Å²) in [6.07, 6.45) is 3.50. The number of nitrogens with zero attached hydrogens (tertiary/aromatic N) is 1. The van der Waals surface area contributed by atoms with Gasteiger partial charge in [-0.1, -0.05) is 30.3 Å². The van der Waals surface area contributed by atoms with Crippen molar-refractivity contribution in [2.45, 2.75) is 0 Å². The predicted molar refractivity (Wildman–Crippen MR) is 61.3 cm³/mol. The van der Waals surface area contributed by atoms with Crippen LogP contribution in [-0.2, 0) is 0 Å². The largest absolute Gasteiger partial charge is 0.432 e. The van der Waals surface area contributed by atoms with Crippen molar-refractivity contribution in [1.82, 2.24) is 4.98 Å². The number of fused-ring (bicyclic) bond motifs is 1. The summed E-state index contributed by atoms with van der Waals surface area (Å²) in [4.78, 5) is 3.78. The molecule has 4 heteroatoms. The zero-order valence-electron chi connectivity index (χ0n) is 8.24. The highest BCUT2D eigenvalue weighted by molar-refractivity contribution is 6.13. The quantitative estimate of drug-likeness (QED) is 0.533. The van der Waals surface area contributed by atoms with Gasteiger partial charge in [-0.15, -0.1) is 0 Å². The third-order valence-corrected chi connectivity index (χ3v) is 1.78. The van der Waals surface area contributed by atoms with Gasteiger partial charge in [0.1, 0.15) is 0 Å². The van der Waals surface area contributed by atoms with E-state index in [1.165, 1.54) is 11.1 Å². The van der Waals surface area contributed by atoms with Gasteiger partial charge >= 0.3 is 7.69 Å². The highest BCUT2D eigenvalue weighted by Gasteiger charge is 2.03. The summed E-state index contributed by atoms with van der Waals surface area (Å²) in [7, 11) is -0.750. The predicted octanol–water partition coefficient (Wildman–Crippen LogP) is 0.986. The van der Waals surface area contributed by atoms with E-state index < -0.39 is 7.69 Å². The molecule has 0 saturated carbocycles. The average molecular weight is 201 g/mol. The molecule has 0 atom stereocenters. The summed E-state index contributed by atoms with van der Waals surface area (Å²) >= 11 is 0. The Labute approximate surface area is 89.4 Å². The van der Waals surface area contributed by atoms with Gasteiger partial charge in [-0.2, -0.15) is 0 Å². The lowest BCUT2D eigenvalue weighted by Crippen LogP contribution is -1.85. The SMILES string of the molecule is OBO.c1cc2ccc1-2.c1ccncc1. The van der Waals surface area contributed by atoms with Crippen LogP contribution in [-0.4, -0.2) is 22.7 Å². The molecular weight excluding hydrogens is 189 g/mol. The van der Waals surface area contributed by atoms with Crippen molar-refractivity contribution < 1.29 is 10.0 Å². The molecule has 2 aliphatic rings. The van der Waals surface area contributed by atoms with Crippen LogP contribution < -0.4 is 0 Å². The summed E-state index contributed by atoms with van der Waals surface area (Å²) in [5, 5.41) is 14.2. The van der Waals surface area contributed by atoms with Gasteiger partial charge in [-0.05, 0) is 23.3 Å².